The standard InChI is InChI=1S/C18H37N5O.HI/c1-7-20-17(21-13-18(4,5)16(24)19-6)22-15-8-10-23(11-9-15)12-14(2)3;/h14-15H,7-13H2,1-6H3,(H,19,24)(H2,20,21,22);1H. The van der Waals surface area contributed by atoms with Crippen molar-refractivity contribution in [1.29, 1.82) is 0 Å². The van der Waals surface area contributed by atoms with E-state index in [9.17, 15) is 4.79 Å². The molecule has 25 heavy (non-hydrogen) atoms. The molecule has 7 heteroatoms. The van der Waals surface area contributed by atoms with Gasteiger partial charge in [-0.05, 0) is 39.5 Å². The quantitative estimate of drug-likeness (QED) is 0.305. The highest BCUT2D eigenvalue weighted by Crippen LogP contribution is 2.16. The molecule has 1 aliphatic rings. The van der Waals surface area contributed by atoms with Gasteiger partial charge in [-0.15, -0.1) is 24.0 Å². The Morgan fingerprint density at radius 1 is 1.28 bits per heavy atom. The van der Waals surface area contributed by atoms with Crippen LogP contribution in [-0.4, -0.2) is 62.6 Å². The number of rotatable bonds is 7. The van der Waals surface area contributed by atoms with Crippen LogP contribution >= 0.6 is 24.0 Å². The number of nitrogens with one attached hydrogen (secondary N) is 3. The van der Waals surface area contributed by atoms with Crippen LogP contribution in [0.25, 0.3) is 0 Å². The summed E-state index contributed by atoms with van der Waals surface area (Å²) in [7, 11) is 1.67. The van der Waals surface area contributed by atoms with E-state index in [4.69, 9.17) is 0 Å². The first-order valence-electron chi connectivity index (χ1n) is 9.27. The lowest BCUT2D eigenvalue weighted by atomic mass is 9.93. The van der Waals surface area contributed by atoms with Crippen LogP contribution in [0.4, 0.5) is 0 Å². The zero-order valence-electron chi connectivity index (χ0n) is 16.8. The molecule has 0 radical (unpaired) electrons. The van der Waals surface area contributed by atoms with E-state index < -0.39 is 5.41 Å². The summed E-state index contributed by atoms with van der Waals surface area (Å²) in [5, 5.41) is 9.55. The van der Waals surface area contributed by atoms with E-state index in [2.05, 4.69) is 46.6 Å². The molecule has 6 nitrogen and oxygen atoms in total. The Hall–Kier alpha value is -0.570. The lowest BCUT2D eigenvalue weighted by Gasteiger charge is -2.34. The molecule has 0 aromatic rings. The van der Waals surface area contributed by atoms with Gasteiger partial charge < -0.3 is 20.9 Å². The second kappa shape index (κ2) is 11.9. The number of amides is 1. The fraction of sp³-hybridized carbons (Fsp3) is 0.889. The Bertz CT molecular complexity index is 418. The predicted octanol–water partition coefficient (Wildman–Crippen LogP) is 2.05. The number of carbonyl (C=O) groups excluding carboxylic acids is 1. The highest BCUT2D eigenvalue weighted by molar-refractivity contribution is 14.0. The molecule has 0 aromatic carbocycles. The minimum absolute atomic E-state index is 0. The van der Waals surface area contributed by atoms with Crippen LogP contribution in [0.5, 0.6) is 0 Å². The van der Waals surface area contributed by atoms with Crippen molar-refractivity contribution >= 4 is 35.8 Å². The van der Waals surface area contributed by atoms with Gasteiger partial charge in [0.1, 0.15) is 0 Å². The van der Waals surface area contributed by atoms with Crippen LogP contribution in [0.1, 0.15) is 47.5 Å². The molecule has 0 saturated carbocycles. The molecule has 0 unspecified atom stereocenters. The number of aliphatic imine (C=N–C) groups is 1. The van der Waals surface area contributed by atoms with Crippen molar-refractivity contribution in [3.05, 3.63) is 0 Å². The molecule has 0 aliphatic carbocycles. The van der Waals surface area contributed by atoms with Gasteiger partial charge in [-0.2, -0.15) is 0 Å². The largest absolute Gasteiger partial charge is 0.359 e. The van der Waals surface area contributed by atoms with Crippen molar-refractivity contribution in [3.63, 3.8) is 0 Å². The smallest absolute Gasteiger partial charge is 0.227 e. The number of likely N-dealkylation sites (tertiary alicyclic amines) is 1. The first-order chi connectivity index (χ1) is 11.3. The number of halogens is 1. The minimum Gasteiger partial charge on any atom is -0.359 e. The summed E-state index contributed by atoms with van der Waals surface area (Å²) in [5.74, 6) is 1.56. The van der Waals surface area contributed by atoms with Crippen LogP contribution in [0, 0.1) is 11.3 Å². The van der Waals surface area contributed by atoms with Gasteiger partial charge in [-0.1, -0.05) is 13.8 Å². The Morgan fingerprint density at radius 3 is 2.36 bits per heavy atom. The molecule has 0 bridgehead atoms. The van der Waals surface area contributed by atoms with E-state index >= 15 is 0 Å². The lowest BCUT2D eigenvalue weighted by Crippen LogP contribution is -2.49. The third kappa shape index (κ3) is 9.08. The Morgan fingerprint density at radius 2 is 1.88 bits per heavy atom. The van der Waals surface area contributed by atoms with Gasteiger partial charge in [0.25, 0.3) is 0 Å². The summed E-state index contributed by atoms with van der Waals surface area (Å²) in [6.45, 7) is 15.2. The number of nitrogens with zero attached hydrogens (tertiary/aromatic N) is 2. The van der Waals surface area contributed by atoms with E-state index in [1.807, 2.05) is 13.8 Å². The molecule has 0 spiro atoms. The van der Waals surface area contributed by atoms with Crippen molar-refractivity contribution in [2.24, 2.45) is 16.3 Å². The molecule has 1 aliphatic heterocycles. The van der Waals surface area contributed by atoms with Gasteiger partial charge in [0.15, 0.2) is 5.96 Å². The average Bonchev–Trinajstić information content (AvgIpc) is 2.53. The van der Waals surface area contributed by atoms with Gasteiger partial charge in [-0.3, -0.25) is 9.79 Å². The molecule has 1 heterocycles. The summed E-state index contributed by atoms with van der Waals surface area (Å²) in [5.41, 5.74) is -0.502. The fourth-order valence-electron chi connectivity index (χ4n) is 2.98. The van der Waals surface area contributed by atoms with Gasteiger partial charge in [0, 0.05) is 39.3 Å². The first kappa shape index (κ1) is 24.4. The van der Waals surface area contributed by atoms with Gasteiger partial charge in [0.05, 0.1) is 12.0 Å². The number of guanidine groups is 1. The third-order valence-electron chi connectivity index (χ3n) is 4.37. The first-order valence-corrected chi connectivity index (χ1v) is 9.27. The molecule has 3 N–H and O–H groups in total. The third-order valence-corrected chi connectivity index (χ3v) is 4.37. The highest BCUT2D eigenvalue weighted by atomic mass is 127. The Labute approximate surface area is 171 Å². The topological polar surface area (TPSA) is 68.8 Å². The van der Waals surface area contributed by atoms with Gasteiger partial charge >= 0.3 is 0 Å². The normalized spacial score (nSPS) is 17.2. The minimum atomic E-state index is -0.502. The van der Waals surface area contributed by atoms with Gasteiger partial charge in [-0.25, -0.2) is 0 Å². The molecule has 0 aromatic heterocycles. The van der Waals surface area contributed by atoms with E-state index in [0.717, 1.165) is 44.4 Å². The van der Waals surface area contributed by atoms with E-state index in [0.29, 0.717) is 12.6 Å². The van der Waals surface area contributed by atoms with Crippen LogP contribution in [0.3, 0.4) is 0 Å². The van der Waals surface area contributed by atoms with Crippen molar-refractivity contribution in [1.82, 2.24) is 20.9 Å². The van der Waals surface area contributed by atoms with Crippen molar-refractivity contribution in [2.75, 3.05) is 39.8 Å². The molecule has 1 rings (SSSR count). The van der Waals surface area contributed by atoms with E-state index in [1.54, 1.807) is 7.05 Å². The van der Waals surface area contributed by atoms with Crippen LogP contribution in [-0.2, 0) is 4.79 Å². The number of carbonyl (C=O) groups is 1. The summed E-state index contributed by atoms with van der Waals surface area (Å²) < 4.78 is 0. The zero-order chi connectivity index (χ0) is 18.2. The second-order valence-corrected chi connectivity index (χ2v) is 7.77. The average molecular weight is 467 g/mol. The summed E-state index contributed by atoms with van der Waals surface area (Å²) >= 11 is 0. The second-order valence-electron chi connectivity index (χ2n) is 7.77. The highest BCUT2D eigenvalue weighted by Gasteiger charge is 2.27. The molecule has 1 fully saturated rings. The summed E-state index contributed by atoms with van der Waals surface area (Å²) in [6.07, 6.45) is 2.27. The molecular formula is C18H38IN5O. The van der Waals surface area contributed by atoms with Crippen molar-refractivity contribution < 1.29 is 4.79 Å². The molecule has 148 valence electrons. The van der Waals surface area contributed by atoms with Crippen molar-refractivity contribution in [2.45, 2.75) is 53.5 Å². The number of hydrogen-bond donors (Lipinski definition) is 3. The maximum atomic E-state index is 11.9. The lowest BCUT2D eigenvalue weighted by molar-refractivity contribution is -0.128. The molecule has 0 atom stereocenters. The van der Waals surface area contributed by atoms with Crippen LogP contribution < -0.4 is 16.0 Å². The van der Waals surface area contributed by atoms with Crippen LogP contribution in [0.15, 0.2) is 4.99 Å². The Kier molecular flexibility index (Phi) is 11.7. The maximum Gasteiger partial charge on any atom is 0.227 e. The van der Waals surface area contributed by atoms with E-state index in [1.165, 1.54) is 6.54 Å². The Balaban J connectivity index is 0.00000576. The monoisotopic (exact) mass is 467 g/mol. The van der Waals surface area contributed by atoms with Gasteiger partial charge in [0.2, 0.25) is 5.91 Å². The van der Waals surface area contributed by atoms with Crippen molar-refractivity contribution in [3.8, 4) is 0 Å². The van der Waals surface area contributed by atoms with Crippen LogP contribution in [0.2, 0.25) is 0 Å². The molecule has 1 saturated heterocycles. The van der Waals surface area contributed by atoms with E-state index in [-0.39, 0.29) is 29.9 Å². The summed E-state index contributed by atoms with van der Waals surface area (Å²) in [4.78, 5) is 19.1. The zero-order valence-corrected chi connectivity index (χ0v) is 19.1. The summed E-state index contributed by atoms with van der Waals surface area (Å²) in [6, 6.07) is 0.453. The predicted molar refractivity (Wildman–Crippen MR) is 117 cm³/mol. The number of piperidine rings is 1. The molecular weight excluding hydrogens is 429 g/mol. The SMILES string of the molecule is CCNC(=NCC(C)(C)C(=O)NC)NC1CCN(CC(C)C)CC1.I. The maximum absolute atomic E-state index is 11.9. The fourth-order valence-corrected chi connectivity index (χ4v) is 2.98. The number of hydrogen-bond acceptors (Lipinski definition) is 3. The molecule has 1 amide bonds.